The lowest BCUT2D eigenvalue weighted by Gasteiger charge is -2.29. The van der Waals surface area contributed by atoms with Crippen LogP contribution in [0.2, 0.25) is 0 Å². The lowest BCUT2D eigenvalue weighted by molar-refractivity contribution is 0.321. The summed E-state index contributed by atoms with van der Waals surface area (Å²) in [6, 6.07) is 8.00. The lowest BCUT2D eigenvalue weighted by Crippen LogP contribution is -2.29. The molecule has 0 saturated heterocycles. The van der Waals surface area contributed by atoms with Gasteiger partial charge in [-0.1, -0.05) is 101 Å². The van der Waals surface area contributed by atoms with Gasteiger partial charge in [0.25, 0.3) is 0 Å². The molecule has 2 rings (SSSR count). The van der Waals surface area contributed by atoms with E-state index in [1.807, 2.05) is 12.1 Å². The molecule has 0 amide bonds. The first-order chi connectivity index (χ1) is 14.5. The first-order valence-corrected chi connectivity index (χ1v) is 15.0. The molecule has 0 fully saturated rings. The predicted octanol–water partition coefficient (Wildman–Crippen LogP) is 6.20. The van der Waals surface area contributed by atoms with Gasteiger partial charge in [-0.05, 0) is 55.1 Å². The zero-order valence-corrected chi connectivity index (χ0v) is 26.5. The van der Waals surface area contributed by atoms with Crippen LogP contribution >= 0.6 is 95.6 Å². The maximum Gasteiger partial charge on any atom is 0.147 e. The Bertz CT molecular complexity index is 792. The van der Waals surface area contributed by atoms with Gasteiger partial charge in [-0.3, -0.25) is 0 Å². The highest BCUT2D eigenvalue weighted by molar-refractivity contribution is 9.12. The molecule has 0 aliphatic heterocycles. The second-order valence-corrected chi connectivity index (χ2v) is 13.1. The summed E-state index contributed by atoms with van der Waals surface area (Å²) >= 11 is 21.3. The Balaban J connectivity index is 2.34. The van der Waals surface area contributed by atoms with Crippen LogP contribution in [-0.2, 0) is 5.41 Å². The molecule has 31 heavy (non-hydrogen) atoms. The van der Waals surface area contributed by atoms with Crippen LogP contribution in [0.25, 0.3) is 0 Å². The van der Waals surface area contributed by atoms with Crippen molar-refractivity contribution in [2.45, 2.75) is 28.9 Å². The zero-order chi connectivity index (χ0) is 23.3. The summed E-state index contributed by atoms with van der Waals surface area (Å²) in [4.78, 5) is 0.399. The second kappa shape index (κ2) is 12.7. The van der Waals surface area contributed by atoms with Gasteiger partial charge in [-0.2, -0.15) is 0 Å². The molecule has 164 valence electrons. The number of hydrogen-bond donors (Lipinski definition) is 0. The van der Waals surface area contributed by atoms with E-state index in [9.17, 15) is 0 Å². The van der Waals surface area contributed by atoms with Crippen molar-refractivity contribution >= 4 is 122 Å². The van der Waals surface area contributed by atoms with Crippen molar-refractivity contribution in [3.05, 3.63) is 44.3 Å². The van der Waals surface area contributed by atoms with Crippen molar-refractivity contribution in [3.63, 3.8) is 0 Å². The van der Waals surface area contributed by atoms with Crippen molar-refractivity contribution in [2.24, 2.45) is 0 Å². The molecule has 0 aliphatic rings. The Morgan fingerprint density at radius 2 is 1.16 bits per heavy atom. The van der Waals surface area contributed by atoms with Crippen molar-refractivity contribution in [3.8, 4) is 11.5 Å². The van der Waals surface area contributed by atoms with Crippen LogP contribution in [0, 0.1) is 0 Å². The molecular formula is C21H20B2Br6O2. The Kier molecular flexibility index (Phi) is 11.6. The Hall–Kier alpha value is 1.05. The van der Waals surface area contributed by atoms with Gasteiger partial charge in [-0.25, -0.2) is 0 Å². The predicted molar refractivity (Wildman–Crippen MR) is 155 cm³/mol. The summed E-state index contributed by atoms with van der Waals surface area (Å²) < 4.78 is 13.6. The van der Waals surface area contributed by atoms with Crippen molar-refractivity contribution in [1.29, 1.82) is 0 Å². The third-order valence-electron chi connectivity index (χ3n) is 4.74. The summed E-state index contributed by atoms with van der Waals surface area (Å²) in [6.07, 6.45) is 0. The fraction of sp³-hybridized carbons (Fsp3) is 0.429. The molecule has 2 unspecified atom stereocenters. The topological polar surface area (TPSA) is 18.5 Å². The highest BCUT2D eigenvalue weighted by Crippen LogP contribution is 2.40. The number of rotatable bonds is 10. The van der Waals surface area contributed by atoms with Gasteiger partial charge >= 0.3 is 0 Å². The summed E-state index contributed by atoms with van der Waals surface area (Å²) in [5.74, 6) is 1.29. The third kappa shape index (κ3) is 7.51. The molecule has 0 bridgehead atoms. The van der Waals surface area contributed by atoms with E-state index in [1.165, 1.54) is 0 Å². The van der Waals surface area contributed by atoms with E-state index >= 15 is 0 Å². The number of alkyl halides is 4. The molecule has 2 aromatic carbocycles. The van der Waals surface area contributed by atoms with E-state index in [0.717, 1.165) is 36.5 Å². The van der Waals surface area contributed by atoms with Gasteiger partial charge in [0.1, 0.15) is 40.4 Å². The molecule has 0 saturated carbocycles. The number of ether oxygens (including phenoxy) is 2. The Morgan fingerprint density at radius 1 is 0.774 bits per heavy atom. The fourth-order valence-electron chi connectivity index (χ4n) is 2.86. The Morgan fingerprint density at radius 3 is 1.58 bits per heavy atom. The van der Waals surface area contributed by atoms with E-state index < -0.39 is 0 Å². The van der Waals surface area contributed by atoms with E-state index in [-0.39, 0.29) is 15.1 Å². The summed E-state index contributed by atoms with van der Waals surface area (Å²) in [6.45, 7) is 5.28. The fourth-order valence-corrected chi connectivity index (χ4v) is 4.92. The lowest BCUT2D eigenvalue weighted by atomic mass is 9.73. The maximum absolute atomic E-state index is 6.31. The molecule has 2 atom stereocenters. The highest BCUT2D eigenvalue weighted by atomic mass is 79.9. The van der Waals surface area contributed by atoms with Gasteiger partial charge in [-0.15, -0.1) is 0 Å². The highest BCUT2D eigenvalue weighted by Gasteiger charge is 2.27. The molecule has 4 radical (unpaired) electrons. The molecule has 10 heteroatoms. The molecule has 0 aliphatic carbocycles. The average Bonchev–Trinajstić information content (AvgIpc) is 2.71. The van der Waals surface area contributed by atoms with Crippen LogP contribution in [0.3, 0.4) is 0 Å². The van der Waals surface area contributed by atoms with E-state index in [1.54, 1.807) is 0 Å². The first-order valence-electron chi connectivity index (χ1n) is 9.35. The monoisotopic (exact) mass is 800 g/mol. The normalized spacial score (nSPS) is 13.7. The number of halogens is 6. The van der Waals surface area contributed by atoms with Crippen molar-refractivity contribution < 1.29 is 9.47 Å². The molecule has 2 nitrogen and oxygen atoms in total. The third-order valence-corrected chi connectivity index (χ3v) is 10.4. The van der Waals surface area contributed by atoms with E-state index in [2.05, 4.69) is 122 Å². The molecule has 0 spiro atoms. The molecule has 2 aromatic rings. The minimum atomic E-state index is -0.355. The molecule has 0 aromatic heterocycles. The number of benzene rings is 2. The van der Waals surface area contributed by atoms with E-state index in [4.69, 9.17) is 25.2 Å². The van der Waals surface area contributed by atoms with E-state index in [0.29, 0.717) is 29.9 Å². The molecule has 0 heterocycles. The summed E-state index contributed by atoms with van der Waals surface area (Å²) in [7, 11) is 12.6. The van der Waals surface area contributed by atoms with Gasteiger partial charge in [0.15, 0.2) is 0 Å². The average molecular weight is 805 g/mol. The van der Waals surface area contributed by atoms with Crippen molar-refractivity contribution in [1.82, 2.24) is 0 Å². The SMILES string of the molecule is [B]c1cc(C(C)(C)c2cc(Br)c(OCC(Br)CBr)c(Br)c2)cc([B])c1OCC(Br)CBr. The quantitative estimate of drug-likeness (QED) is 0.211. The standard InChI is InChI=1S/C21H20B2Br6O2/c1-21(2,11-3-15(22)19(16(23)4-11)30-9-13(26)7-24)12-5-17(28)20(18(29)6-12)31-10-14(27)8-25/h3-6,13-14H,7-10H2,1-2H3. The number of hydrogen-bond acceptors (Lipinski definition) is 2. The zero-order valence-electron chi connectivity index (χ0n) is 17.0. The minimum Gasteiger partial charge on any atom is -0.494 e. The van der Waals surface area contributed by atoms with Crippen LogP contribution in [0.5, 0.6) is 11.5 Å². The van der Waals surface area contributed by atoms with Crippen LogP contribution in [-0.4, -0.2) is 49.2 Å². The van der Waals surface area contributed by atoms with Crippen LogP contribution < -0.4 is 20.4 Å². The Labute approximate surface area is 238 Å². The van der Waals surface area contributed by atoms with Crippen LogP contribution in [0.15, 0.2) is 33.2 Å². The van der Waals surface area contributed by atoms with Crippen molar-refractivity contribution in [2.75, 3.05) is 23.9 Å². The van der Waals surface area contributed by atoms with Gasteiger partial charge in [0.05, 0.1) is 18.6 Å². The maximum atomic E-state index is 6.31. The largest absolute Gasteiger partial charge is 0.494 e. The summed E-state index contributed by atoms with van der Waals surface area (Å²) in [5, 5.41) is 1.58. The molecule has 0 N–H and O–H groups in total. The van der Waals surface area contributed by atoms with Gasteiger partial charge < -0.3 is 9.47 Å². The van der Waals surface area contributed by atoms with Gasteiger partial charge in [0, 0.05) is 16.1 Å². The van der Waals surface area contributed by atoms with Crippen LogP contribution in [0.1, 0.15) is 25.0 Å². The van der Waals surface area contributed by atoms with Gasteiger partial charge in [0.2, 0.25) is 0 Å². The van der Waals surface area contributed by atoms with Crippen LogP contribution in [0.4, 0.5) is 0 Å². The second-order valence-electron chi connectivity index (χ2n) is 7.50. The first kappa shape index (κ1) is 28.3. The minimum absolute atomic E-state index is 0.173. The smallest absolute Gasteiger partial charge is 0.147 e. The summed E-state index contributed by atoms with van der Waals surface area (Å²) in [5.41, 5.74) is 2.77. The molecular weight excluding hydrogens is 785 g/mol.